The minimum absolute atomic E-state index is 0.0806. The topological polar surface area (TPSA) is 85.1 Å². The van der Waals surface area contributed by atoms with E-state index in [2.05, 4.69) is 25.4 Å². The monoisotopic (exact) mass is 318 g/mol. The predicted molar refractivity (Wildman–Crippen MR) is 90.0 cm³/mol. The first-order valence-electron chi connectivity index (χ1n) is 7.48. The van der Waals surface area contributed by atoms with Crippen LogP contribution in [0, 0.1) is 13.8 Å². The molecule has 0 aliphatic rings. The van der Waals surface area contributed by atoms with Crippen LogP contribution in [0.25, 0.3) is 16.7 Å². The fraction of sp³-hybridized carbons (Fsp3) is 0.118. The first-order chi connectivity index (χ1) is 11.6. The number of hydrogen-bond acceptors (Lipinski definition) is 5. The van der Waals surface area contributed by atoms with E-state index in [0.29, 0.717) is 11.5 Å². The molecule has 0 saturated heterocycles. The van der Waals surface area contributed by atoms with E-state index < -0.39 is 0 Å². The molecule has 0 atom stereocenters. The van der Waals surface area contributed by atoms with E-state index in [0.717, 1.165) is 22.3 Å². The van der Waals surface area contributed by atoms with Gasteiger partial charge in [-0.05, 0) is 44.2 Å². The third-order valence-electron chi connectivity index (χ3n) is 3.72. The van der Waals surface area contributed by atoms with Gasteiger partial charge in [-0.1, -0.05) is 6.07 Å². The molecule has 24 heavy (non-hydrogen) atoms. The Hall–Kier alpha value is -3.35. The van der Waals surface area contributed by atoms with Crippen LogP contribution in [0.1, 0.15) is 22.0 Å². The molecule has 0 aliphatic carbocycles. The standard InChI is InChI=1S/C17H14N6O/c1-10-9-11(2)23-17(19-10)21-15(22-23)16(24)20-14-7-3-6-13-12(14)5-4-8-18-13/h3-9H,1-2H3,(H,20,24). The number of fused-ring (bicyclic) bond motifs is 2. The van der Waals surface area contributed by atoms with Crippen LogP contribution in [0.3, 0.4) is 0 Å². The summed E-state index contributed by atoms with van der Waals surface area (Å²) in [6.45, 7) is 3.78. The van der Waals surface area contributed by atoms with Gasteiger partial charge in [-0.2, -0.15) is 4.98 Å². The molecule has 3 heterocycles. The molecule has 0 spiro atoms. The molecule has 4 aromatic rings. The Kier molecular flexibility index (Phi) is 3.19. The highest BCUT2D eigenvalue weighted by molar-refractivity contribution is 6.06. The zero-order chi connectivity index (χ0) is 16.7. The van der Waals surface area contributed by atoms with E-state index in [1.54, 1.807) is 10.7 Å². The van der Waals surface area contributed by atoms with Crippen molar-refractivity contribution in [3.8, 4) is 0 Å². The van der Waals surface area contributed by atoms with Crippen molar-refractivity contribution >= 4 is 28.3 Å². The number of benzene rings is 1. The van der Waals surface area contributed by atoms with Crippen molar-refractivity contribution in [2.75, 3.05) is 5.32 Å². The lowest BCUT2D eigenvalue weighted by molar-refractivity contribution is 0.101. The Balaban J connectivity index is 1.72. The Morgan fingerprint density at radius 3 is 2.88 bits per heavy atom. The summed E-state index contributed by atoms with van der Waals surface area (Å²) < 4.78 is 1.56. The van der Waals surface area contributed by atoms with Gasteiger partial charge in [0.2, 0.25) is 5.82 Å². The molecule has 0 bridgehead atoms. The molecule has 0 radical (unpaired) electrons. The van der Waals surface area contributed by atoms with Gasteiger partial charge in [0.1, 0.15) is 0 Å². The predicted octanol–water partition coefficient (Wildman–Crippen LogP) is 2.54. The largest absolute Gasteiger partial charge is 0.319 e. The van der Waals surface area contributed by atoms with E-state index >= 15 is 0 Å². The van der Waals surface area contributed by atoms with Crippen molar-refractivity contribution in [3.05, 3.63) is 59.8 Å². The van der Waals surface area contributed by atoms with Crippen LogP contribution in [0.5, 0.6) is 0 Å². The summed E-state index contributed by atoms with van der Waals surface area (Å²) in [7, 11) is 0. The maximum absolute atomic E-state index is 12.5. The van der Waals surface area contributed by atoms with Crippen LogP contribution in [0.4, 0.5) is 5.69 Å². The fourth-order valence-corrected chi connectivity index (χ4v) is 2.65. The third kappa shape index (κ3) is 2.36. The molecule has 7 heteroatoms. The van der Waals surface area contributed by atoms with Gasteiger partial charge >= 0.3 is 0 Å². The molecular weight excluding hydrogens is 304 g/mol. The van der Waals surface area contributed by atoms with E-state index in [1.807, 2.05) is 50.2 Å². The molecular formula is C17H14N6O. The molecule has 4 rings (SSSR count). The van der Waals surface area contributed by atoms with Crippen molar-refractivity contribution in [1.29, 1.82) is 0 Å². The number of aryl methyl sites for hydroxylation is 2. The highest BCUT2D eigenvalue weighted by atomic mass is 16.2. The minimum atomic E-state index is -0.381. The Labute approximate surface area is 137 Å². The molecule has 118 valence electrons. The van der Waals surface area contributed by atoms with E-state index in [4.69, 9.17) is 0 Å². The first-order valence-corrected chi connectivity index (χ1v) is 7.48. The molecule has 7 nitrogen and oxygen atoms in total. The molecule has 0 aliphatic heterocycles. The summed E-state index contributed by atoms with van der Waals surface area (Å²) in [4.78, 5) is 25.3. The molecule has 0 unspecified atom stereocenters. The first kappa shape index (κ1) is 14.3. The van der Waals surface area contributed by atoms with Crippen LogP contribution < -0.4 is 5.32 Å². The van der Waals surface area contributed by atoms with Crippen molar-refractivity contribution in [3.63, 3.8) is 0 Å². The zero-order valence-corrected chi connectivity index (χ0v) is 13.2. The highest BCUT2D eigenvalue weighted by Crippen LogP contribution is 2.21. The lowest BCUT2D eigenvalue weighted by Crippen LogP contribution is -2.14. The molecule has 0 fully saturated rings. The van der Waals surface area contributed by atoms with Gasteiger partial charge in [-0.3, -0.25) is 9.78 Å². The fourth-order valence-electron chi connectivity index (χ4n) is 2.65. The highest BCUT2D eigenvalue weighted by Gasteiger charge is 2.16. The van der Waals surface area contributed by atoms with Crippen molar-refractivity contribution in [2.24, 2.45) is 0 Å². The third-order valence-corrected chi connectivity index (χ3v) is 3.72. The summed E-state index contributed by atoms with van der Waals surface area (Å²) in [6, 6.07) is 11.2. The van der Waals surface area contributed by atoms with Gasteiger partial charge in [-0.25, -0.2) is 9.50 Å². The number of pyridine rings is 1. The lowest BCUT2D eigenvalue weighted by Gasteiger charge is -2.06. The lowest BCUT2D eigenvalue weighted by atomic mass is 10.2. The average Bonchev–Trinajstić information content (AvgIpc) is 3.00. The Morgan fingerprint density at radius 1 is 1.12 bits per heavy atom. The van der Waals surface area contributed by atoms with E-state index in [-0.39, 0.29) is 11.7 Å². The summed E-state index contributed by atoms with van der Waals surface area (Å²) in [5, 5.41) is 7.96. The second kappa shape index (κ2) is 5.38. The van der Waals surface area contributed by atoms with Crippen LogP contribution in [-0.2, 0) is 0 Å². The van der Waals surface area contributed by atoms with Gasteiger partial charge < -0.3 is 5.32 Å². The second-order valence-electron chi connectivity index (χ2n) is 5.52. The second-order valence-corrected chi connectivity index (χ2v) is 5.52. The SMILES string of the molecule is Cc1cc(C)n2nc(C(=O)Nc3cccc4ncccc34)nc2n1. The molecule has 1 aromatic carbocycles. The summed E-state index contributed by atoms with van der Waals surface area (Å²) >= 11 is 0. The van der Waals surface area contributed by atoms with Crippen LogP contribution in [0.15, 0.2) is 42.6 Å². The van der Waals surface area contributed by atoms with Crippen LogP contribution in [-0.4, -0.2) is 30.5 Å². The molecule has 3 aromatic heterocycles. The Bertz CT molecular complexity index is 1080. The summed E-state index contributed by atoms with van der Waals surface area (Å²) in [6.07, 6.45) is 1.72. The van der Waals surface area contributed by atoms with Gasteiger partial charge in [0.15, 0.2) is 0 Å². The van der Waals surface area contributed by atoms with Gasteiger partial charge in [0.05, 0.1) is 11.2 Å². The average molecular weight is 318 g/mol. The summed E-state index contributed by atoms with van der Waals surface area (Å²) in [5.41, 5.74) is 3.19. The van der Waals surface area contributed by atoms with Gasteiger partial charge in [0, 0.05) is 23.0 Å². The number of anilines is 1. The molecule has 0 saturated carbocycles. The van der Waals surface area contributed by atoms with Crippen LogP contribution in [0.2, 0.25) is 0 Å². The van der Waals surface area contributed by atoms with Gasteiger partial charge in [-0.15, -0.1) is 5.10 Å². The van der Waals surface area contributed by atoms with Crippen molar-refractivity contribution in [1.82, 2.24) is 24.6 Å². The summed E-state index contributed by atoms with van der Waals surface area (Å²) in [5.74, 6) is 0.114. The van der Waals surface area contributed by atoms with Gasteiger partial charge in [0.25, 0.3) is 11.7 Å². The number of rotatable bonds is 2. The zero-order valence-electron chi connectivity index (χ0n) is 13.2. The maximum Gasteiger partial charge on any atom is 0.295 e. The number of nitrogens with one attached hydrogen (secondary N) is 1. The minimum Gasteiger partial charge on any atom is -0.319 e. The number of carbonyl (C=O) groups excluding carboxylic acids is 1. The van der Waals surface area contributed by atoms with E-state index in [1.165, 1.54) is 0 Å². The number of hydrogen-bond donors (Lipinski definition) is 1. The van der Waals surface area contributed by atoms with Crippen molar-refractivity contribution in [2.45, 2.75) is 13.8 Å². The number of nitrogens with zero attached hydrogens (tertiary/aromatic N) is 5. The number of aromatic nitrogens is 5. The normalized spacial score (nSPS) is 11.1. The molecule has 1 N–H and O–H groups in total. The van der Waals surface area contributed by atoms with Crippen molar-refractivity contribution < 1.29 is 4.79 Å². The smallest absolute Gasteiger partial charge is 0.295 e. The number of carbonyl (C=O) groups is 1. The maximum atomic E-state index is 12.5. The Morgan fingerprint density at radius 2 is 2.00 bits per heavy atom. The molecule has 1 amide bonds. The van der Waals surface area contributed by atoms with Crippen LogP contribution >= 0.6 is 0 Å². The number of amides is 1. The van der Waals surface area contributed by atoms with E-state index in [9.17, 15) is 4.79 Å². The quantitative estimate of drug-likeness (QED) is 0.614.